The molecule has 0 radical (unpaired) electrons. The summed E-state index contributed by atoms with van der Waals surface area (Å²) in [6, 6.07) is 17.2. The van der Waals surface area contributed by atoms with Crippen LogP contribution in [0, 0.1) is 25.2 Å². The number of nitrogens with zero attached hydrogens (tertiary/aromatic N) is 2. The summed E-state index contributed by atoms with van der Waals surface area (Å²) in [5.41, 5.74) is 5.91. The van der Waals surface area contributed by atoms with Crippen LogP contribution in [0.25, 0.3) is 30.6 Å². The molecule has 2 aromatic carbocycles. The van der Waals surface area contributed by atoms with Crippen molar-refractivity contribution in [2.24, 2.45) is 7.05 Å². The number of nitriles is 1. The van der Waals surface area contributed by atoms with Crippen molar-refractivity contribution < 1.29 is 4.57 Å². The molecule has 0 aliphatic heterocycles. The summed E-state index contributed by atoms with van der Waals surface area (Å²) in [6.07, 6.45) is 2.17. The molecule has 2 heterocycles. The van der Waals surface area contributed by atoms with Gasteiger partial charge in [0.05, 0.1) is 0 Å². The number of aryl methyl sites for hydroxylation is 3. The Bertz CT molecular complexity index is 1150. The monoisotopic (exact) mass is 377 g/mol. The molecule has 0 bridgehead atoms. The van der Waals surface area contributed by atoms with E-state index in [9.17, 15) is 5.26 Å². The number of hydrogen-bond acceptors (Lipinski definition) is 1. The van der Waals surface area contributed by atoms with Crippen molar-refractivity contribution in [2.75, 3.05) is 0 Å². The fourth-order valence-corrected chi connectivity index (χ4v) is 6.21. The molecule has 0 saturated carbocycles. The van der Waals surface area contributed by atoms with Crippen molar-refractivity contribution in [2.45, 2.75) is 13.8 Å². The van der Waals surface area contributed by atoms with Gasteiger partial charge in [-0.3, -0.25) is 0 Å². The maximum atomic E-state index is 9.50. The van der Waals surface area contributed by atoms with Gasteiger partial charge in [0.25, 0.3) is 0 Å². The van der Waals surface area contributed by atoms with Crippen LogP contribution in [-0.2, 0) is 7.05 Å². The van der Waals surface area contributed by atoms with Gasteiger partial charge in [0.1, 0.15) is 0 Å². The first-order valence-corrected chi connectivity index (χ1v) is 9.63. The summed E-state index contributed by atoms with van der Waals surface area (Å²) in [5.74, 6) is 0. The molecule has 0 atom stereocenters. The van der Waals surface area contributed by atoms with E-state index in [1.54, 1.807) is 0 Å². The van der Waals surface area contributed by atoms with Gasteiger partial charge < -0.3 is 0 Å². The van der Waals surface area contributed by atoms with Gasteiger partial charge in [0, 0.05) is 0 Å². The zero-order valence-corrected chi connectivity index (χ0v) is 15.6. The maximum absolute atomic E-state index is 9.50. The van der Waals surface area contributed by atoms with E-state index in [4.69, 9.17) is 0 Å². The molecule has 4 rings (SSSR count). The van der Waals surface area contributed by atoms with Gasteiger partial charge in [-0.2, -0.15) is 0 Å². The molecular weight excluding hydrogens is 359 g/mol. The van der Waals surface area contributed by atoms with E-state index in [0.717, 1.165) is 10.9 Å². The van der Waals surface area contributed by atoms with Crippen LogP contribution in [0.4, 0.5) is 0 Å². The number of rotatable bonds is 1. The first-order valence-electron chi connectivity index (χ1n) is 7.91. The normalized spacial score (nSPS) is 11.1. The minimum atomic E-state index is 0.233. The number of aromatic nitrogens is 1. The molecule has 0 aliphatic carbocycles. The minimum absolute atomic E-state index is 0.233. The Hall–Kier alpha value is -2.40. The van der Waals surface area contributed by atoms with Crippen LogP contribution < -0.4 is 4.57 Å². The van der Waals surface area contributed by atoms with Crippen molar-refractivity contribution in [1.82, 2.24) is 0 Å². The molecule has 0 saturated heterocycles. The Kier molecular flexibility index (Phi) is 3.53. The Morgan fingerprint density at radius 2 is 1.88 bits per heavy atom. The van der Waals surface area contributed by atoms with E-state index in [-0.39, 0.29) is 14.5 Å². The Morgan fingerprint density at radius 1 is 1.04 bits per heavy atom. The summed E-state index contributed by atoms with van der Waals surface area (Å²) in [7, 11) is 2.11. The van der Waals surface area contributed by atoms with Crippen LogP contribution >= 0.6 is 0 Å². The third-order valence-electron chi connectivity index (χ3n) is 4.53. The Morgan fingerprint density at radius 3 is 2.62 bits per heavy atom. The second-order valence-electron chi connectivity index (χ2n) is 6.23. The quantitative estimate of drug-likeness (QED) is 0.364. The molecule has 0 amide bonds. The van der Waals surface area contributed by atoms with Gasteiger partial charge >= 0.3 is 147 Å². The zero-order chi connectivity index (χ0) is 16.8. The van der Waals surface area contributed by atoms with Gasteiger partial charge in [-0.05, 0) is 0 Å². The van der Waals surface area contributed by atoms with E-state index in [0.29, 0.717) is 0 Å². The molecule has 4 aromatic rings. The molecule has 24 heavy (non-hydrogen) atoms. The van der Waals surface area contributed by atoms with E-state index in [1.807, 2.05) is 12.1 Å². The van der Waals surface area contributed by atoms with Gasteiger partial charge in [-0.1, -0.05) is 0 Å². The fraction of sp³-hybridized carbons (Fsp3) is 0.143. The zero-order valence-electron chi connectivity index (χ0n) is 13.9. The number of pyridine rings is 1. The van der Waals surface area contributed by atoms with E-state index in [2.05, 4.69) is 68.1 Å². The van der Waals surface area contributed by atoms with Crippen molar-refractivity contribution in [3.05, 3.63) is 65.4 Å². The van der Waals surface area contributed by atoms with Gasteiger partial charge in [0.15, 0.2) is 0 Å². The third-order valence-corrected chi connectivity index (χ3v) is 7.02. The molecule has 0 fully saturated rings. The van der Waals surface area contributed by atoms with Crippen LogP contribution in [0.5, 0.6) is 0 Å². The van der Waals surface area contributed by atoms with Gasteiger partial charge in [0.2, 0.25) is 0 Å². The molecule has 2 aromatic heterocycles. The third kappa shape index (κ3) is 2.19. The molecular formula is C21H17N2Se+. The predicted octanol–water partition coefficient (Wildman–Crippen LogP) is 4.03. The first-order chi connectivity index (χ1) is 11.6. The average molecular weight is 376 g/mol. The van der Waals surface area contributed by atoms with Crippen molar-refractivity contribution in [3.63, 3.8) is 0 Å². The predicted molar refractivity (Wildman–Crippen MR) is 99.2 cm³/mol. The first kappa shape index (κ1) is 15.1. The number of fused-ring (bicyclic) bond motifs is 3. The van der Waals surface area contributed by atoms with E-state index in [1.165, 1.54) is 36.3 Å². The molecule has 116 valence electrons. The van der Waals surface area contributed by atoms with Crippen LogP contribution in [0.15, 0.2) is 48.7 Å². The van der Waals surface area contributed by atoms with Gasteiger partial charge in [-0.25, -0.2) is 0 Å². The standard InChI is InChI=1S/C21H17N2Se/c1-13-7-10-17(23(3)12-13)19-14(2)8-9-16-20-15(11-22)5-4-6-18(20)24-21(16)19/h4-10,12H,1-3H3/q+1. The topological polar surface area (TPSA) is 27.7 Å². The van der Waals surface area contributed by atoms with Crippen LogP contribution in [0.2, 0.25) is 0 Å². The number of hydrogen-bond donors (Lipinski definition) is 0. The second kappa shape index (κ2) is 5.60. The Balaban J connectivity index is 2.17. The Labute approximate surface area is 147 Å². The van der Waals surface area contributed by atoms with Crippen molar-refractivity contribution in [3.8, 4) is 17.3 Å². The second-order valence-corrected chi connectivity index (χ2v) is 8.44. The molecule has 0 N–H and O–H groups in total. The van der Waals surface area contributed by atoms with Crippen LogP contribution in [0.1, 0.15) is 16.7 Å². The summed E-state index contributed by atoms with van der Waals surface area (Å²) in [6.45, 7) is 4.30. The molecule has 0 spiro atoms. The molecule has 3 heteroatoms. The van der Waals surface area contributed by atoms with Crippen LogP contribution in [0.3, 0.4) is 0 Å². The molecule has 0 aliphatic rings. The van der Waals surface area contributed by atoms with Crippen LogP contribution in [-0.4, -0.2) is 14.5 Å². The summed E-state index contributed by atoms with van der Waals surface area (Å²) in [5, 5.41) is 11.9. The number of benzene rings is 2. The van der Waals surface area contributed by atoms with E-state index < -0.39 is 0 Å². The summed E-state index contributed by atoms with van der Waals surface area (Å²) >= 11 is 0.233. The molecule has 0 unspecified atom stereocenters. The fourth-order valence-electron chi connectivity index (χ4n) is 3.41. The SMILES string of the molecule is Cc1ccc(-c2c(C)ccc3c2[se]c2cccc(C#N)c23)[n+](C)c1. The van der Waals surface area contributed by atoms with E-state index >= 15 is 0 Å². The van der Waals surface area contributed by atoms with Crippen molar-refractivity contribution >= 4 is 33.8 Å². The summed E-state index contributed by atoms with van der Waals surface area (Å²) < 4.78 is 4.93. The van der Waals surface area contributed by atoms with Crippen molar-refractivity contribution in [1.29, 1.82) is 5.26 Å². The summed E-state index contributed by atoms with van der Waals surface area (Å²) in [4.78, 5) is 0. The van der Waals surface area contributed by atoms with Gasteiger partial charge in [-0.15, -0.1) is 0 Å². The average Bonchev–Trinajstić information content (AvgIpc) is 2.94. The molecule has 2 nitrogen and oxygen atoms in total.